The van der Waals surface area contributed by atoms with Crippen LogP contribution in [0.3, 0.4) is 0 Å². The van der Waals surface area contributed by atoms with Gasteiger partial charge in [0, 0.05) is 24.9 Å². The molecule has 23 heavy (non-hydrogen) atoms. The SMILES string of the molecule is C[C@@H](c1ccc(-n2cccn2)cc1)[C@H](N)C(=O)N1CC[C@H](F)C1. The first kappa shape index (κ1) is 15.7. The van der Waals surface area contributed by atoms with Crippen LogP contribution in [0.5, 0.6) is 0 Å². The van der Waals surface area contributed by atoms with Crippen LogP contribution < -0.4 is 5.73 Å². The number of amides is 1. The normalized spacial score (nSPS) is 20.5. The van der Waals surface area contributed by atoms with Gasteiger partial charge in [0.1, 0.15) is 6.17 Å². The van der Waals surface area contributed by atoms with Gasteiger partial charge in [0.2, 0.25) is 5.91 Å². The second kappa shape index (κ2) is 6.50. The zero-order valence-electron chi connectivity index (χ0n) is 13.1. The molecule has 6 heteroatoms. The number of hydrogen-bond donors (Lipinski definition) is 1. The number of rotatable bonds is 4. The first-order chi connectivity index (χ1) is 11.1. The number of alkyl halides is 1. The third-order valence-electron chi connectivity index (χ3n) is 4.45. The Labute approximate surface area is 134 Å². The van der Waals surface area contributed by atoms with E-state index in [1.54, 1.807) is 10.9 Å². The Morgan fingerprint density at radius 2 is 2.13 bits per heavy atom. The van der Waals surface area contributed by atoms with Crippen molar-refractivity contribution in [2.24, 2.45) is 5.73 Å². The standard InChI is InChI=1S/C17H21FN4O/c1-12(16(19)17(23)21-10-7-14(18)11-21)13-3-5-15(6-4-13)22-9-2-8-20-22/h2-6,8-9,12,14,16H,7,10-11,19H2,1H3/t12-,14-,16-/m0/s1. The highest BCUT2D eigenvalue weighted by Gasteiger charge is 2.31. The molecule has 2 aromatic rings. The molecule has 0 radical (unpaired) electrons. The minimum absolute atomic E-state index is 0.132. The lowest BCUT2D eigenvalue weighted by atomic mass is 9.93. The fourth-order valence-corrected chi connectivity index (χ4v) is 2.90. The summed E-state index contributed by atoms with van der Waals surface area (Å²) in [7, 11) is 0. The maximum Gasteiger partial charge on any atom is 0.240 e. The molecule has 2 N–H and O–H groups in total. The number of carbonyl (C=O) groups is 1. The summed E-state index contributed by atoms with van der Waals surface area (Å²) in [6.45, 7) is 2.55. The molecule has 0 aliphatic carbocycles. The second-order valence-corrected chi connectivity index (χ2v) is 6.03. The Kier molecular flexibility index (Phi) is 4.43. The van der Waals surface area contributed by atoms with Gasteiger partial charge in [-0.15, -0.1) is 0 Å². The van der Waals surface area contributed by atoms with Crippen molar-refractivity contribution >= 4 is 5.91 Å². The molecule has 1 fully saturated rings. The molecule has 1 aliphatic rings. The quantitative estimate of drug-likeness (QED) is 0.936. The average molecular weight is 316 g/mol. The van der Waals surface area contributed by atoms with Gasteiger partial charge in [-0.3, -0.25) is 4.79 Å². The largest absolute Gasteiger partial charge is 0.338 e. The molecule has 3 atom stereocenters. The molecule has 0 bridgehead atoms. The lowest BCUT2D eigenvalue weighted by molar-refractivity contribution is -0.132. The van der Waals surface area contributed by atoms with E-state index in [2.05, 4.69) is 5.10 Å². The molecular weight excluding hydrogens is 295 g/mol. The van der Waals surface area contributed by atoms with Gasteiger partial charge in [-0.05, 0) is 30.2 Å². The molecule has 1 aromatic carbocycles. The summed E-state index contributed by atoms with van der Waals surface area (Å²) in [5.74, 6) is -0.304. The topological polar surface area (TPSA) is 64.2 Å². The Morgan fingerprint density at radius 1 is 1.39 bits per heavy atom. The van der Waals surface area contributed by atoms with Gasteiger partial charge >= 0.3 is 0 Å². The number of nitrogens with two attached hydrogens (primary N) is 1. The fourth-order valence-electron chi connectivity index (χ4n) is 2.90. The van der Waals surface area contributed by atoms with Gasteiger partial charge < -0.3 is 10.6 Å². The van der Waals surface area contributed by atoms with E-state index in [-0.39, 0.29) is 18.4 Å². The second-order valence-electron chi connectivity index (χ2n) is 6.03. The molecule has 3 rings (SSSR count). The zero-order valence-corrected chi connectivity index (χ0v) is 13.1. The smallest absolute Gasteiger partial charge is 0.240 e. The van der Waals surface area contributed by atoms with Gasteiger partial charge in [-0.25, -0.2) is 9.07 Å². The van der Waals surface area contributed by atoms with Crippen molar-refractivity contribution in [2.45, 2.75) is 31.5 Å². The first-order valence-corrected chi connectivity index (χ1v) is 7.84. The highest BCUT2D eigenvalue weighted by molar-refractivity contribution is 5.83. The third kappa shape index (κ3) is 3.27. The summed E-state index contributed by atoms with van der Waals surface area (Å²) in [5.41, 5.74) is 8.05. The summed E-state index contributed by atoms with van der Waals surface area (Å²) >= 11 is 0. The lowest BCUT2D eigenvalue weighted by Gasteiger charge is -2.25. The van der Waals surface area contributed by atoms with Gasteiger partial charge in [0.05, 0.1) is 18.3 Å². The van der Waals surface area contributed by atoms with E-state index < -0.39 is 12.2 Å². The van der Waals surface area contributed by atoms with Crippen LogP contribution >= 0.6 is 0 Å². The average Bonchev–Trinajstić information content (AvgIpc) is 3.24. The van der Waals surface area contributed by atoms with Crippen LogP contribution in [-0.2, 0) is 4.79 Å². The van der Waals surface area contributed by atoms with Gasteiger partial charge in [-0.1, -0.05) is 19.1 Å². The zero-order chi connectivity index (χ0) is 16.4. The molecule has 0 spiro atoms. The molecule has 122 valence electrons. The van der Waals surface area contributed by atoms with E-state index in [1.165, 1.54) is 4.90 Å². The maximum atomic E-state index is 13.3. The lowest BCUT2D eigenvalue weighted by Crippen LogP contribution is -2.45. The predicted molar refractivity (Wildman–Crippen MR) is 86.0 cm³/mol. The van der Waals surface area contributed by atoms with Crippen molar-refractivity contribution in [3.8, 4) is 5.69 Å². The molecule has 0 unspecified atom stereocenters. The van der Waals surface area contributed by atoms with E-state index in [1.807, 2.05) is 43.5 Å². The Bertz CT molecular complexity index is 656. The Balaban J connectivity index is 1.69. The van der Waals surface area contributed by atoms with Gasteiger partial charge in [0.25, 0.3) is 0 Å². The molecule has 5 nitrogen and oxygen atoms in total. The summed E-state index contributed by atoms with van der Waals surface area (Å²) in [5, 5.41) is 4.18. The highest BCUT2D eigenvalue weighted by atomic mass is 19.1. The monoisotopic (exact) mass is 316 g/mol. The van der Waals surface area contributed by atoms with Crippen LogP contribution in [0.2, 0.25) is 0 Å². The predicted octanol–water partition coefficient (Wildman–Crippen LogP) is 1.87. The van der Waals surface area contributed by atoms with E-state index in [4.69, 9.17) is 5.73 Å². The minimum Gasteiger partial charge on any atom is -0.338 e. The highest BCUT2D eigenvalue weighted by Crippen LogP contribution is 2.22. The van der Waals surface area contributed by atoms with Crippen molar-refractivity contribution in [2.75, 3.05) is 13.1 Å². The van der Waals surface area contributed by atoms with Crippen molar-refractivity contribution in [3.63, 3.8) is 0 Å². The molecule has 1 aromatic heterocycles. The van der Waals surface area contributed by atoms with E-state index in [0.717, 1.165) is 11.3 Å². The molecule has 2 heterocycles. The first-order valence-electron chi connectivity index (χ1n) is 7.84. The number of nitrogens with zero attached hydrogens (tertiary/aromatic N) is 3. The molecule has 1 amide bonds. The minimum atomic E-state index is -0.921. The van der Waals surface area contributed by atoms with Crippen LogP contribution in [0.1, 0.15) is 24.8 Å². The van der Waals surface area contributed by atoms with Gasteiger partial charge in [-0.2, -0.15) is 5.10 Å². The van der Waals surface area contributed by atoms with Crippen LogP contribution in [-0.4, -0.2) is 45.9 Å². The van der Waals surface area contributed by atoms with Crippen LogP contribution in [0.4, 0.5) is 4.39 Å². The van der Waals surface area contributed by atoms with Crippen molar-refractivity contribution < 1.29 is 9.18 Å². The Morgan fingerprint density at radius 3 is 2.70 bits per heavy atom. The fraction of sp³-hybridized carbons (Fsp3) is 0.412. The van der Waals surface area contributed by atoms with E-state index >= 15 is 0 Å². The number of benzene rings is 1. The summed E-state index contributed by atoms with van der Waals surface area (Å²) in [6, 6.07) is 9.01. The van der Waals surface area contributed by atoms with Crippen LogP contribution in [0.25, 0.3) is 5.69 Å². The number of likely N-dealkylation sites (tertiary alicyclic amines) is 1. The molecule has 0 saturated carbocycles. The molecule has 1 saturated heterocycles. The number of carbonyl (C=O) groups excluding carboxylic acids is 1. The molecule has 1 aliphatic heterocycles. The number of halogens is 1. The van der Waals surface area contributed by atoms with Gasteiger partial charge in [0.15, 0.2) is 0 Å². The number of aromatic nitrogens is 2. The van der Waals surface area contributed by atoms with Crippen molar-refractivity contribution in [1.29, 1.82) is 0 Å². The van der Waals surface area contributed by atoms with Crippen LogP contribution in [0.15, 0.2) is 42.7 Å². The van der Waals surface area contributed by atoms with Crippen molar-refractivity contribution in [1.82, 2.24) is 14.7 Å². The van der Waals surface area contributed by atoms with Crippen molar-refractivity contribution in [3.05, 3.63) is 48.3 Å². The Hall–Kier alpha value is -2.21. The van der Waals surface area contributed by atoms with Crippen LogP contribution in [0, 0.1) is 0 Å². The summed E-state index contributed by atoms with van der Waals surface area (Å²) in [6.07, 6.45) is 3.08. The number of hydrogen-bond acceptors (Lipinski definition) is 3. The maximum absolute atomic E-state index is 13.3. The molecular formula is C17H21FN4O. The summed E-state index contributed by atoms with van der Waals surface area (Å²) < 4.78 is 15.0. The van der Waals surface area contributed by atoms with E-state index in [9.17, 15) is 9.18 Å². The summed E-state index contributed by atoms with van der Waals surface area (Å²) in [4.78, 5) is 13.9. The third-order valence-corrected chi connectivity index (χ3v) is 4.45. The van der Waals surface area contributed by atoms with E-state index in [0.29, 0.717) is 13.0 Å².